The van der Waals surface area contributed by atoms with E-state index in [1.54, 1.807) is 23.1 Å². The van der Waals surface area contributed by atoms with E-state index >= 15 is 0 Å². The van der Waals surface area contributed by atoms with Crippen LogP contribution in [-0.4, -0.2) is 50.6 Å². The predicted molar refractivity (Wildman–Crippen MR) is 108 cm³/mol. The van der Waals surface area contributed by atoms with E-state index in [9.17, 15) is 14.4 Å². The highest BCUT2D eigenvalue weighted by Crippen LogP contribution is 2.30. The van der Waals surface area contributed by atoms with Crippen LogP contribution in [0.2, 0.25) is 0 Å². The Morgan fingerprint density at radius 3 is 2.33 bits per heavy atom. The van der Waals surface area contributed by atoms with E-state index < -0.39 is 17.9 Å². The topological polar surface area (TPSA) is 102 Å². The minimum atomic E-state index is -0.890. The minimum Gasteiger partial charge on any atom is -0.481 e. The molecule has 0 amide bonds. The van der Waals surface area contributed by atoms with Gasteiger partial charge in [-0.15, -0.1) is 0 Å². The molecule has 30 heavy (non-hydrogen) atoms. The summed E-state index contributed by atoms with van der Waals surface area (Å²) < 4.78 is 15.2. The molecule has 0 aliphatic carbocycles. The molecule has 0 spiro atoms. The maximum absolute atomic E-state index is 12.4. The van der Waals surface area contributed by atoms with Crippen LogP contribution in [0, 0.1) is 0 Å². The van der Waals surface area contributed by atoms with Crippen LogP contribution in [0.4, 0.5) is 5.69 Å². The first-order chi connectivity index (χ1) is 14.4. The fourth-order valence-electron chi connectivity index (χ4n) is 3.19. The van der Waals surface area contributed by atoms with Crippen LogP contribution in [-0.2, 0) is 35.0 Å². The Kier molecular flexibility index (Phi) is 6.48. The monoisotopic (exact) mass is 411 g/mol. The van der Waals surface area contributed by atoms with Gasteiger partial charge in [-0.05, 0) is 28.8 Å². The first kappa shape index (κ1) is 21.1. The lowest BCUT2D eigenvalue weighted by atomic mass is 10.0. The third kappa shape index (κ3) is 4.49. The van der Waals surface area contributed by atoms with Gasteiger partial charge in [0.15, 0.2) is 0 Å². The fraction of sp³-hybridized carbons (Fsp3) is 0.227. The molecule has 1 aliphatic heterocycles. The lowest BCUT2D eigenvalue weighted by Crippen LogP contribution is -2.38. The summed E-state index contributed by atoms with van der Waals surface area (Å²) in [4.78, 5) is 37.0. The quantitative estimate of drug-likeness (QED) is 0.723. The molecule has 0 saturated carbocycles. The van der Waals surface area contributed by atoms with Crippen molar-refractivity contribution >= 4 is 23.6 Å². The van der Waals surface area contributed by atoms with Gasteiger partial charge in [0.25, 0.3) is 0 Å². The summed E-state index contributed by atoms with van der Waals surface area (Å²) in [7, 11) is 2.48. The molecule has 156 valence electrons. The summed E-state index contributed by atoms with van der Waals surface area (Å²) in [5.74, 6) is -2.22. The number of hydrogen-bond donors (Lipinski definition) is 1. The Bertz CT molecular complexity index is 995. The number of benzene rings is 2. The highest BCUT2D eigenvalue weighted by atomic mass is 16.5. The molecule has 2 aromatic rings. The van der Waals surface area contributed by atoms with Gasteiger partial charge in [0.2, 0.25) is 0 Å². The number of esters is 2. The van der Waals surface area contributed by atoms with Gasteiger partial charge in [-0.25, -0.2) is 9.59 Å². The molecule has 0 fully saturated rings. The van der Waals surface area contributed by atoms with Crippen molar-refractivity contribution in [2.75, 3.05) is 32.5 Å². The van der Waals surface area contributed by atoms with E-state index in [1.807, 2.05) is 30.3 Å². The maximum Gasteiger partial charge on any atom is 0.355 e. The number of anilines is 1. The highest BCUT2D eigenvalue weighted by Gasteiger charge is 2.32. The molecule has 8 nitrogen and oxygen atoms in total. The van der Waals surface area contributed by atoms with Crippen LogP contribution < -0.4 is 4.90 Å². The van der Waals surface area contributed by atoms with Gasteiger partial charge in [0, 0.05) is 5.69 Å². The van der Waals surface area contributed by atoms with Crippen molar-refractivity contribution in [3.63, 3.8) is 0 Å². The first-order valence-corrected chi connectivity index (χ1v) is 9.10. The zero-order valence-electron chi connectivity index (χ0n) is 16.6. The zero-order valence-corrected chi connectivity index (χ0v) is 16.6. The molecule has 0 bridgehead atoms. The molecule has 1 N–H and O–H groups in total. The maximum atomic E-state index is 12.4. The van der Waals surface area contributed by atoms with Crippen molar-refractivity contribution in [3.05, 3.63) is 65.4 Å². The third-order valence-corrected chi connectivity index (χ3v) is 4.63. The van der Waals surface area contributed by atoms with E-state index in [0.29, 0.717) is 11.3 Å². The van der Waals surface area contributed by atoms with Gasteiger partial charge in [-0.3, -0.25) is 4.79 Å². The first-order valence-electron chi connectivity index (χ1n) is 9.10. The van der Waals surface area contributed by atoms with Crippen LogP contribution in [0.3, 0.4) is 0 Å². The number of carbonyl (C=O) groups excluding carboxylic acids is 2. The van der Waals surface area contributed by atoms with Gasteiger partial charge < -0.3 is 24.2 Å². The Hall–Kier alpha value is -3.65. The number of rotatable bonds is 6. The van der Waals surface area contributed by atoms with Crippen molar-refractivity contribution in [2.45, 2.75) is 6.42 Å². The SMILES string of the molecule is COC(=O)C1=C(C(=O)OC)N(c2cccc(-c3ccc(CC(=O)O)cc3)c2)COC1. The average Bonchev–Trinajstić information content (AvgIpc) is 2.77. The Morgan fingerprint density at radius 2 is 1.70 bits per heavy atom. The normalized spacial score (nSPS) is 13.7. The number of nitrogens with zero attached hydrogens (tertiary/aromatic N) is 1. The fourth-order valence-corrected chi connectivity index (χ4v) is 3.19. The largest absolute Gasteiger partial charge is 0.481 e. The molecule has 1 aliphatic rings. The molecule has 0 atom stereocenters. The molecule has 0 aromatic heterocycles. The van der Waals surface area contributed by atoms with Gasteiger partial charge in [0.05, 0.1) is 32.8 Å². The number of carbonyl (C=O) groups is 3. The second-order valence-corrected chi connectivity index (χ2v) is 6.53. The molecule has 1 heterocycles. The number of carboxylic acids is 1. The molecule has 2 aromatic carbocycles. The lowest BCUT2D eigenvalue weighted by Gasteiger charge is -2.31. The highest BCUT2D eigenvalue weighted by molar-refractivity contribution is 6.03. The summed E-state index contributed by atoms with van der Waals surface area (Å²) in [6.45, 7) is 0.00423. The van der Waals surface area contributed by atoms with Crippen molar-refractivity contribution in [3.8, 4) is 11.1 Å². The molecule has 0 radical (unpaired) electrons. The summed E-state index contributed by atoms with van der Waals surface area (Å²) >= 11 is 0. The molecule has 0 unspecified atom stereocenters. The van der Waals surface area contributed by atoms with Crippen LogP contribution >= 0.6 is 0 Å². The van der Waals surface area contributed by atoms with Crippen molar-refractivity contribution < 1.29 is 33.7 Å². The number of ether oxygens (including phenoxy) is 3. The summed E-state index contributed by atoms with van der Waals surface area (Å²) in [6, 6.07) is 14.5. The van der Waals surface area contributed by atoms with Crippen molar-refractivity contribution in [1.29, 1.82) is 0 Å². The van der Waals surface area contributed by atoms with Crippen LogP contribution in [0.1, 0.15) is 5.56 Å². The Labute approximate surface area is 173 Å². The third-order valence-electron chi connectivity index (χ3n) is 4.63. The average molecular weight is 411 g/mol. The van der Waals surface area contributed by atoms with Gasteiger partial charge in [-0.1, -0.05) is 36.4 Å². The smallest absolute Gasteiger partial charge is 0.355 e. The standard InChI is InChI=1S/C22H21NO7/c1-28-21(26)18-12-30-13-23(20(18)22(27)29-2)17-5-3-4-16(11-17)15-8-6-14(7-9-15)10-19(24)25/h3-9,11H,10,12-13H2,1-2H3,(H,24,25). The molecular weight excluding hydrogens is 390 g/mol. The van der Waals surface area contributed by atoms with Gasteiger partial charge in [0.1, 0.15) is 12.4 Å². The number of hydrogen-bond acceptors (Lipinski definition) is 7. The van der Waals surface area contributed by atoms with Crippen molar-refractivity contribution in [2.24, 2.45) is 0 Å². The Morgan fingerprint density at radius 1 is 1.00 bits per heavy atom. The summed E-state index contributed by atoms with van der Waals surface area (Å²) in [6.07, 6.45) is -0.0466. The van der Waals surface area contributed by atoms with Crippen LogP contribution in [0.5, 0.6) is 0 Å². The summed E-state index contributed by atoms with van der Waals surface area (Å²) in [5, 5.41) is 8.91. The van der Waals surface area contributed by atoms with Crippen LogP contribution in [0.25, 0.3) is 11.1 Å². The summed E-state index contributed by atoms with van der Waals surface area (Å²) in [5.41, 5.74) is 3.21. The lowest BCUT2D eigenvalue weighted by molar-refractivity contribution is -0.140. The zero-order chi connectivity index (χ0) is 21.7. The molecule has 8 heteroatoms. The second kappa shape index (κ2) is 9.23. The van der Waals surface area contributed by atoms with E-state index in [2.05, 4.69) is 0 Å². The molecule has 3 rings (SSSR count). The molecular formula is C22H21NO7. The van der Waals surface area contributed by atoms with E-state index in [1.165, 1.54) is 14.2 Å². The Balaban J connectivity index is 1.98. The molecule has 0 saturated heterocycles. The van der Waals surface area contributed by atoms with E-state index in [4.69, 9.17) is 19.3 Å². The second-order valence-electron chi connectivity index (χ2n) is 6.53. The minimum absolute atomic E-state index is 0.0466. The van der Waals surface area contributed by atoms with E-state index in [0.717, 1.165) is 11.1 Å². The van der Waals surface area contributed by atoms with Gasteiger partial charge >= 0.3 is 17.9 Å². The van der Waals surface area contributed by atoms with Crippen molar-refractivity contribution in [1.82, 2.24) is 0 Å². The van der Waals surface area contributed by atoms with E-state index in [-0.39, 0.29) is 31.0 Å². The predicted octanol–water partition coefficient (Wildman–Crippen LogP) is 2.37. The number of methoxy groups -OCH3 is 2. The number of carboxylic acid groups (broad SMARTS) is 1. The number of aliphatic carboxylic acids is 1. The van der Waals surface area contributed by atoms with Gasteiger partial charge in [-0.2, -0.15) is 0 Å². The van der Waals surface area contributed by atoms with Crippen LogP contribution in [0.15, 0.2) is 59.8 Å².